The van der Waals surface area contributed by atoms with Crippen LogP contribution in [0, 0.1) is 11.3 Å². The van der Waals surface area contributed by atoms with Crippen molar-refractivity contribution in [1.29, 1.82) is 0 Å². The molecule has 1 atom stereocenters. The minimum absolute atomic E-state index is 0.397. The maximum atomic E-state index is 5.55. The smallest absolute Gasteiger partial charge is 0.0593 e. The van der Waals surface area contributed by atoms with Crippen LogP contribution in [0.4, 0.5) is 0 Å². The van der Waals surface area contributed by atoms with Crippen LogP contribution >= 0.6 is 0 Å². The molecule has 0 aromatic heterocycles. The summed E-state index contributed by atoms with van der Waals surface area (Å²) >= 11 is 0. The van der Waals surface area contributed by atoms with Crippen LogP contribution in [0.25, 0.3) is 0 Å². The van der Waals surface area contributed by atoms with Crippen LogP contribution in [0.1, 0.15) is 47.0 Å². The lowest BCUT2D eigenvalue weighted by atomic mass is 9.84. The highest BCUT2D eigenvalue weighted by Crippen LogP contribution is 2.24. The molecule has 3 heteroatoms. The second-order valence-corrected chi connectivity index (χ2v) is 6.83. The minimum Gasteiger partial charge on any atom is -0.380 e. The molecule has 114 valence electrons. The minimum atomic E-state index is 0.397. The molecule has 1 unspecified atom stereocenters. The molecule has 1 fully saturated rings. The van der Waals surface area contributed by atoms with E-state index in [9.17, 15) is 0 Å². The molecule has 0 aromatic carbocycles. The van der Waals surface area contributed by atoms with Crippen LogP contribution in [0.2, 0.25) is 0 Å². The van der Waals surface area contributed by atoms with Crippen molar-refractivity contribution < 1.29 is 4.74 Å². The second-order valence-electron chi connectivity index (χ2n) is 6.83. The fraction of sp³-hybridized carbons (Fsp3) is 1.00. The lowest BCUT2D eigenvalue weighted by Gasteiger charge is -2.35. The van der Waals surface area contributed by atoms with Crippen molar-refractivity contribution in [2.45, 2.75) is 47.0 Å². The lowest BCUT2D eigenvalue weighted by Crippen LogP contribution is -2.43. The summed E-state index contributed by atoms with van der Waals surface area (Å²) in [5.41, 5.74) is 0.397. The molecule has 1 N–H and O–H groups in total. The van der Waals surface area contributed by atoms with Gasteiger partial charge in [-0.25, -0.2) is 0 Å². The average molecular weight is 270 g/mol. The van der Waals surface area contributed by atoms with Gasteiger partial charge < -0.3 is 15.0 Å². The van der Waals surface area contributed by atoms with Crippen molar-refractivity contribution in [2.75, 3.05) is 45.9 Å². The summed E-state index contributed by atoms with van der Waals surface area (Å²) in [4.78, 5) is 2.60. The van der Waals surface area contributed by atoms with Gasteiger partial charge in [-0.2, -0.15) is 0 Å². The van der Waals surface area contributed by atoms with Gasteiger partial charge in [0.05, 0.1) is 6.61 Å². The number of nitrogens with one attached hydrogen (secondary N) is 1. The Hall–Kier alpha value is -0.120. The van der Waals surface area contributed by atoms with Gasteiger partial charge in [-0.15, -0.1) is 0 Å². The van der Waals surface area contributed by atoms with E-state index in [0.29, 0.717) is 5.41 Å². The summed E-state index contributed by atoms with van der Waals surface area (Å²) < 4.78 is 5.55. The van der Waals surface area contributed by atoms with Crippen LogP contribution in [-0.2, 0) is 4.74 Å². The van der Waals surface area contributed by atoms with Gasteiger partial charge in [0.2, 0.25) is 0 Å². The molecular weight excluding hydrogens is 236 g/mol. The fourth-order valence-electron chi connectivity index (χ4n) is 2.99. The molecule has 0 aromatic rings. The molecule has 0 amide bonds. The zero-order valence-corrected chi connectivity index (χ0v) is 13.5. The van der Waals surface area contributed by atoms with E-state index in [4.69, 9.17) is 4.74 Å². The zero-order chi connectivity index (χ0) is 14.1. The highest BCUT2D eigenvalue weighted by Gasteiger charge is 2.26. The number of ether oxygens (including phenoxy) is 1. The van der Waals surface area contributed by atoms with Crippen LogP contribution in [0.15, 0.2) is 0 Å². The van der Waals surface area contributed by atoms with Crippen molar-refractivity contribution in [1.82, 2.24) is 10.2 Å². The van der Waals surface area contributed by atoms with Crippen molar-refractivity contribution in [3.8, 4) is 0 Å². The van der Waals surface area contributed by atoms with E-state index in [-0.39, 0.29) is 0 Å². The van der Waals surface area contributed by atoms with E-state index in [1.54, 1.807) is 0 Å². The van der Waals surface area contributed by atoms with Crippen molar-refractivity contribution in [3.05, 3.63) is 0 Å². The molecule has 3 nitrogen and oxygen atoms in total. The third kappa shape index (κ3) is 7.28. The van der Waals surface area contributed by atoms with E-state index >= 15 is 0 Å². The molecule has 0 bridgehead atoms. The average Bonchev–Trinajstić information content (AvgIpc) is 2.57. The van der Waals surface area contributed by atoms with E-state index in [1.807, 2.05) is 0 Å². The molecule has 0 aliphatic carbocycles. The first-order valence-electron chi connectivity index (χ1n) is 8.06. The summed E-state index contributed by atoms with van der Waals surface area (Å²) in [5.74, 6) is 0.734. The molecule has 1 rings (SSSR count). The third-order valence-electron chi connectivity index (χ3n) is 3.88. The molecular formula is C16H34N2O. The monoisotopic (exact) mass is 270 g/mol. The first kappa shape index (κ1) is 16.9. The van der Waals surface area contributed by atoms with Gasteiger partial charge in [0, 0.05) is 32.8 Å². The maximum Gasteiger partial charge on any atom is 0.0593 e. The van der Waals surface area contributed by atoms with Gasteiger partial charge in [-0.1, -0.05) is 34.1 Å². The van der Waals surface area contributed by atoms with Crippen molar-refractivity contribution in [2.24, 2.45) is 11.3 Å². The Bertz CT molecular complexity index is 225. The summed E-state index contributed by atoms with van der Waals surface area (Å²) in [6.07, 6.45) is 3.75. The highest BCUT2D eigenvalue weighted by atomic mass is 16.5. The topological polar surface area (TPSA) is 24.5 Å². The van der Waals surface area contributed by atoms with Gasteiger partial charge in [0.15, 0.2) is 0 Å². The standard InChI is InChI=1S/C16H34N2O/c1-5-7-16(4,13-17-12-15(2)3)14-18-8-6-10-19-11-9-18/h15,17H,5-14H2,1-4H3. The normalized spacial score (nSPS) is 21.3. The fourth-order valence-corrected chi connectivity index (χ4v) is 2.99. The highest BCUT2D eigenvalue weighted by molar-refractivity contribution is 4.81. The summed E-state index contributed by atoms with van der Waals surface area (Å²) in [6.45, 7) is 16.9. The van der Waals surface area contributed by atoms with Crippen molar-refractivity contribution >= 4 is 0 Å². The van der Waals surface area contributed by atoms with E-state index < -0.39 is 0 Å². The van der Waals surface area contributed by atoms with E-state index in [1.165, 1.54) is 32.4 Å². The van der Waals surface area contributed by atoms with E-state index in [0.717, 1.165) is 38.8 Å². The Kier molecular flexibility index (Phi) is 7.96. The number of rotatable bonds is 8. The number of hydrogen-bond donors (Lipinski definition) is 1. The van der Waals surface area contributed by atoms with Gasteiger partial charge in [0.1, 0.15) is 0 Å². The predicted molar refractivity (Wildman–Crippen MR) is 82.6 cm³/mol. The van der Waals surface area contributed by atoms with Crippen molar-refractivity contribution in [3.63, 3.8) is 0 Å². The zero-order valence-electron chi connectivity index (χ0n) is 13.5. The molecule has 19 heavy (non-hydrogen) atoms. The molecule has 1 aliphatic rings. The molecule has 1 aliphatic heterocycles. The molecule has 0 spiro atoms. The number of nitrogens with zero attached hydrogens (tertiary/aromatic N) is 1. The van der Waals surface area contributed by atoms with Crippen LogP contribution < -0.4 is 5.32 Å². The van der Waals surface area contributed by atoms with Gasteiger partial charge in [0.25, 0.3) is 0 Å². The van der Waals surface area contributed by atoms with Gasteiger partial charge in [-0.3, -0.25) is 0 Å². The number of hydrogen-bond acceptors (Lipinski definition) is 3. The Morgan fingerprint density at radius 2 is 2.05 bits per heavy atom. The summed E-state index contributed by atoms with van der Waals surface area (Å²) in [5, 5.41) is 3.66. The Balaban J connectivity index is 2.43. The maximum absolute atomic E-state index is 5.55. The first-order chi connectivity index (χ1) is 9.06. The third-order valence-corrected chi connectivity index (χ3v) is 3.88. The second kappa shape index (κ2) is 8.93. The SMILES string of the molecule is CCCC(C)(CNCC(C)C)CN1CCCOCC1. The van der Waals surface area contributed by atoms with Crippen LogP contribution in [0.3, 0.4) is 0 Å². The van der Waals surface area contributed by atoms with Gasteiger partial charge in [-0.05, 0) is 30.7 Å². The van der Waals surface area contributed by atoms with Crippen LogP contribution in [0.5, 0.6) is 0 Å². The van der Waals surface area contributed by atoms with Gasteiger partial charge >= 0.3 is 0 Å². The molecule has 1 saturated heterocycles. The predicted octanol–water partition coefficient (Wildman–Crippen LogP) is 2.76. The molecule has 0 radical (unpaired) electrons. The Morgan fingerprint density at radius 3 is 2.74 bits per heavy atom. The quantitative estimate of drug-likeness (QED) is 0.734. The van der Waals surface area contributed by atoms with E-state index in [2.05, 4.69) is 37.9 Å². The lowest BCUT2D eigenvalue weighted by molar-refractivity contribution is 0.121. The summed E-state index contributed by atoms with van der Waals surface area (Å²) in [6, 6.07) is 0. The molecule has 1 heterocycles. The largest absolute Gasteiger partial charge is 0.380 e. The first-order valence-corrected chi connectivity index (χ1v) is 8.06. The Labute approximate surface area is 120 Å². The molecule has 0 saturated carbocycles. The Morgan fingerprint density at radius 1 is 1.26 bits per heavy atom. The summed E-state index contributed by atoms with van der Waals surface area (Å²) in [7, 11) is 0. The van der Waals surface area contributed by atoms with Crippen LogP contribution in [-0.4, -0.2) is 50.8 Å².